The van der Waals surface area contributed by atoms with Gasteiger partial charge in [-0.05, 0) is 67.9 Å². The highest BCUT2D eigenvalue weighted by Crippen LogP contribution is 2.71. The van der Waals surface area contributed by atoms with E-state index >= 15 is 8.78 Å². The maximum absolute atomic E-state index is 17.2. The molecular weight excluding hydrogens is 438 g/mol. The smallest absolute Gasteiger partial charge is 0.178 e. The SMILES string of the molecule is C=C(Oc1ccccc1)[C@@]1(O)C(C)C[C@H]2[C@@H]3CC(F)C4=CC(=O)C=C[C@]4(C)[C@@]3(F)C(O)C[C@@]21C. The molecule has 6 heteroatoms. The average Bonchev–Trinajstić information content (AvgIpc) is 2.99. The summed E-state index contributed by atoms with van der Waals surface area (Å²) in [5, 5.41) is 23.5. The van der Waals surface area contributed by atoms with Crippen LogP contribution in [0.1, 0.15) is 40.0 Å². The van der Waals surface area contributed by atoms with Crippen LogP contribution in [0.3, 0.4) is 0 Å². The molecule has 182 valence electrons. The Kier molecular flexibility index (Phi) is 5.06. The van der Waals surface area contributed by atoms with E-state index in [0.717, 1.165) is 0 Å². The van der Waals surface area contributed by atoms with Gasteiger partial charge in [-0.2, -0.15) is 0 Å². The van der Waals surface area contributed by atoms with Crippen molar-refractivity contribution >= 4 is 5.78 Å². The van der Waals surface area contributed by atoms with Crippen LogP contribution in [0.15, 0.2) is 66.5 Å². The maximum atomic E-state index is 17.2. The third-order valence-corrected chi connectivity index (χ3v) is 9.62. The number of ether oxygens (including phenoxy) is 1. The fourth-order valence-electron chi connectivity index (χ4n) is 7.84. The number of rotatable bonds is 3. The molecule has 0 aliphatic heterocycles. The van der Waals surface area contributed by atoms with Crippen molar-refractivity contribution in [1.82, 2.24) is 0 Å². The minimum absolute atomic E-state index is 0.0374. The summed E-state index contributed by atoms with van der Waals surface area (Å²) in [6, 6.07) is 9.00. The van der Waals surface area contributed by atoms with Gasteiger partial charge in [0.25, 0.3) is 0 Å². The van der Waals surface area contributed by atoms with E-state index in [1.165, 1.54) is 18.2 Å². The predicted molar refractivity (Wildman–Crippen MR) is 124 cm³/mol. The van der Waals surface area contributed by atoms with Gasteiger partial charge in [-0.1, -0.05) is 44.7 Å². The molecule has 3 unspecified atom stereocenters. The number of carbonyl (C=O) groups excluding carboxylic acids is 1. The van der Waals surface area contributed by atoms with Crippen LogP contribution in [0.4, 0.5) is 8.78 Å². The summed E-state index contributed by atoms with van der Waals surface area (Å²) in [6.45, 7) is 9.35. The lowest BCUT2D eigenvalue weighted by atomic mass is 9.44. The third-order valence-electron chi connectivity index (χ3n) is 9.62. The Morgan fingerprint density at radius 2 is 1.85 bits per heavy atom. The number of para-hydroxylation sites is 1. The van der Waals surface area contributed by atoms with E-state index in [4.69, 9.17) is 4.74 Å². The van der Waals surface area contributed by atoms with Gasteiger partial charge in [0, 0.05) is 16.7 Å². The number of aliphatic hydroxyl groups is 2. The summed E-state index contributed by atoms with van der Waals surface area (Å²) >= 11 is 0. The standard InChI is InChI=1S/C28H32F2O4/c1-16-12-20-21-14-23(29)22-13-18(31)10-11-25(22,3)27(21,30)24(32)15-26(20,4)28(16,33)17(2)34-19-8-6-5-7-9-19/h5-11,13,16,20-21,23-24,32-33H,2,12,14-15H2,1,3-4H3/t16?,20-,21-,23?,24?,25-,26-,27-,28-/m0/s1. The molecule has 3 fully saturated rings. The summed E-state index contributed by atoms with van der Waals surface area (Å²) in [5.74, 6) is -1.31. The number of hydrogen-bond acceptors (Lipinski definition) is 4. The van der Waals surface area contributed by atoms with Gasteiger partial charge in [-0.3, -0.25) is 4.79 Å². The first-order chi connectivity index (χ1) is 15.9. The Bertz CT molecular complexity index is 1100. The quantitative estimate of drug-likeness (QED) is 0.619. The molecule has 0 aromatic heterocycles. The molecule has 0 saturated heterocycles. The lowest BCUT2D eigenvalue weighted by Gasteiger charge is -2.63. The molecule has 4 aliphatic rings. The summed E-state index contributed by atoms with van der Waals surface area (Å²) in [4.78, 5) is 12.0. The van der Waals surface area contributed by atoms with Crippen molar-refractivity contribution in [2.75, 3.05) is 0 Å². The largest absolute Gasteiger partial charge is 0.459 e. The fourth-order valence-corrected chi connectivity index (χ4v) is 7.84. The van der Waals surface area contributed by atoms with Crippen molar-refractivity contribution in [3.63, 3.8) is 0 Å². The first-order valence-corrected chi connectivity index (χ1v) is 12.0. The number of hydrogen-bond donors (Lipinski definition) is 2. The Morgan fingerprint density at radius 1 is 1.18 bits per heavy atom. The average molecular weight is 471 g/mol. The molecule has 0 radical (unpaired) electrons. The van der Waals surface area contributed by atoms with Crippen molar-refractivity contribution in [2.24, 2.45) is 28.6 Å². The van der Waals surface area contributed by atoms with Gasteiger partial charge in [0.1, 0.15) is 23.3 Å². The van der Waals surface area contributed by atoms with Gasteiger partial charge < -0.3 is 14.9 Å². The highest BCUT2D eigenvalue weighted by atomic mass is 19.1. The number of allylic oxidation sites excluding steroid dienone is 4. The van der Waals surface area contributed by atoms with Crippen molar-refractivity contribution in [3.8, 4) is 5.75 Å². The summed E-state index contributed by atoms with van der Waals surface area (Å²) in [7, 11) is 0. The van der Waals surface area contributed by atoms with Crippen molar-refractivity contribution in [2.45, 2.75) is 63.6 Å². The Balaban J connectivity index is 1.57. The van der Waals surface area contributed by atoms with E-state index in [0.29, 0.717) is 12.2 Å². The first kappa shape index (κ1) is 23.4. The van der Waals surface area contributed by atoms with Crippen LogP contribution in [0.5, 0.6) is 5.75 Å². The van der Waals surface area contributed by atoms with Crippen molar-refractivity contribution < 1.29 is 28.5 Å². The van der Waals surface area contributed by atoms with Crippen LogP contribution < -0.4 is 4.74 Å². The molecule has 0 bridgehead atoms. The van der Waals surface area contributed by atoms with E-state index in [9.17, 15) is 15.0 Å². The van der Waals surface area contributed by atoms with E-state index in [-0.39, 0.29) is 35.9 Å². The Hall–Kier alpha value is -2.31. The predicted octanol–water partition coefficient (Wildman–Crippen LogP) is 4.88. The molecule has 0 spiro atoms. The Morgan fingerprint density at radius 3 is 2.53 bits per heavy atom. The minimum atomic E-state index is -2.17. The monoisotopic (exact) mass is 470 g/mol. The van der Waals surface area contributed by atoms with Gasteiger partial charge >= 0.3 is 0 Å². The zero-order valence-electron chi connectivity index (χ0n) is 19.8. The molecule has 0 amide bonds. The lowest BCUT2D eigenvalue weighted by molar-refractivity contribution is -0.221. The van der Waals surface area contributed by atoms with E-state index in [1.807, 2.05) is 32.0 Å². The number of aliphatic hydroxyl groups excluding tert-OH is 1. The second kappa shape index (κ2) is 7.34. The molecular formula is C28H32F2O4. The summed E-state index contributed by atoms with van der Waals surface area (Å²) < 4.78 is 38.7. The normalized spacial score (nSPS) is 47.3. The molecule has 3 saturated carbocycles. The van der Waals surface area contributed by atoms with E-state index < -0.39 is 46.2 Å². The highest BCUT2D eigenvalue weighted by Gasteiger charge is 2.76. The molecule has 34 heavy (non-hydrogen) atoms. The topological polar surface area (TPSA) is 66.8 Å². The second-order valence-electron chi connectivity index (χ2n) is 11.1. The van der Waals surface area contributed by atoms with Crippen LogP contribution in [0.2, 0.25) is 0 Å². The van der Waals surface area contributed by atoms with Crippen LogP contribution >= 0.6 is 0 Å². The van der Waals surface area contributed by atoms with Crippen LogP contribution in [-0.4, -0.2) is 39.5 Å². The Labute approximate surface area is 199 Å². The first-order valence-electron chi connectivity index (χ1n) is 12.0. The molecule has 1 aromatic carbocycles. The van der Waals surface area contributed by atoms with Gasteiger partial charge in [-0.15, -0.1) is 0 Å². The molecule has 1 aromatic rings. The highest BCUT2D eigenvalue weighted by molar-refractivity contribution is 6.01. The molecule has 4 aliphatic carbocycles. The van der Waals surface area contributed by atoms with Gasteiger partial charge in [-0.25, -0.2) is 8.78 Å². The van der Waals surface area contributed by atoms with Crippen molar-refractivity contribution in [3.05, 3.63) is 66.5 Å². The van der Waals surface area contributed by atoms with Crippen LogP contribution in [0.25, 0.3) is 0 Å². The molecule has 9 atom stereocenters. The number of ketones is 1. The van der Waals surface area contributed by atoms with Crippen molar-refractivity contribution in [1.29, 1.82) is 0 Å². The molecule has 2 N–H and O–H groups in total. The number of halogens is 2. The molecule has 0 heterocycles. The number of alkyl halides is 2. The van der Waals surface area contributed by atoms with E-state index in [1.54, 1.807) is 19.1 Å². The lowest BCUT2D eigenvalue weighted by Crippen LogP contribution is -2.70. The number of carbonyl (C=O) groups is 1. The fraction of sp³-hybridized carbons (Fsp3) is 0.536. The van der Waals surface area contributed by atoms with Crippen LogP contribution in [-0.2, 0) is 4.79 Å². The molecule has 5 rings (SSSR count). The minimum Gasteiger partial charge on any atom is -0.459 e. The third kappa shape index (κ3) is 2.73. The zero-order valence-corrected chi connectivity index (χ0v) is 19.8. The van der Waals surface area contributed by atoms with Gasteiger partial charge in [0.05, 0.1) is 6.10 Å². The van der Waals surface area contributed by atoms with Crippen LogP contribution in [0, 0.1) is 28.6 Å². The zero-order chi connectivity index (χ0) is 24.7. The van der Waals surface area contributed by atoms with Gasteiger partial charge in [0.2, 0.25) is 0 Å². The number of fused-ring (bicyclic) bond motifs is 5. The maximum Gasteiger partial charge on any atom is 0.178 e. The summed E-state index contributed by atoms with van der Waals surface area (Å²) in [6.07, 6.45) is 1.16. The molecule has 4 nitrogen and oxygen atoms in total. The van der Waals surface area contributed by atoms with Gasteiger partial charge in [0.15, 0.2) is 11.5 Å². The second-order valence-corrected chi connectivity index (χ2v) is 11.1. The number of benzene rings is 1. The summed E-state index contributed by atoms with van der Waals surface area (Å²) in [5.41, 5.74) is -6.04. The van der Waals surface area contributed by atoms with E-state index in [2.05, 4.69) is 6.58 Å².